The summed E-state index contributed by atoms with van der Waals surface area (Å²) in [5.41, 5.74) is 2.09. The van der Waals surface area contributed by atoms with Crippen LogP contribution in [0, 0.1) is 6.92 Å². The maximum Gasteiger partial charge on any atom is 0.274 e. The summed E-state index contributed by atoms with van der Waals surface area (Å²) in [6.45, 7) is 3.32. The highest BCUT2D eigenvalue weighted by atomic mass is 35.5. The van der Waals surface area contributed by atoms with Crippen LogP contribution < -0.4 is 10.6 Å². The number of anilines is 1. The number of rotatable bonds is 7. The third kappa shape index (κ3) is 5.82. The van der Waals surface area contributed by atoms with Gasteiger partial charge in [-0.2, -0.15) is 0 Å². The van der Waals surface area contributed by atoms with Crippen LogP contribution in [0.25, 0.3) is 0 Å². The lowest BCUT2D eigenvalue weighted by Crippen LogP contribution is -2.27. The van der Waals surface area contributed by atoms with Gasteiger partial charge in [0, 0.05) is 29.0 Å². The van der Waals surface area contributed by atoms with E-state index in [1.165, 1.54) is 12.3 Å². The van der Waals surface area contributed by atoms with Crippen molar-refractivity contribution in [1.29, 1.82) is 0 Å². The van der Waals surface area contributed by atoms with Gasteiger partial charge in [-0.15, -0.1) is 0 Å². The molecule has 0 atom stereocenters. The molecule has 0 radical (unpaired) electrons. The van der Waals surface area contributed by atoms with E-state index in [9.17, 15) is 9.59 Å². The zero-order chi connectivity index (χ0) is 19.1. The second-order valence-corrected chi connectivity index (χ2v) is 6.69. The standard InChI is InChI=1S/C19H23ClN4O2/c1-13-11-15(20)5-6-16(13)23-19(26)17-12-14(7-9-21-17)18(25)22-8-4-10-24(2)3/h5-7,9,11-12H,4,8,10H2,1-3H3,(H,22,25)(H,23,26). The van der Waals surface area contributed by atoms with Crippen molar-refractivity contribution in [2.24, 2.45) is 0 Å². The monoisotopic (exact) mass is 374 g/mol. The van der Waals surface area contributed by atoms with E-state index in [1.807, 2.05) is 21.0 Å². The molecular formula is C19H23ClN4O2. The molecule has 0 saturated heterocycles. The van der Waals surface area contributed by atoms with Crippen LogP contribution in [0.3, 0.4) is 0 Å². The van der Waals surface area contributed by atoms with Gasteiger partial charge in [0.05, 0.1) is 0 Å². The molecule has 0 aliphatic rings. The Morgan fingerprint density at radius 3 is 2.62 bits per heavy atom. The average Bonchev–Trinajstić information content (AvgIpc) is 2.60. The fourth-order valence-electron chi connectivity index (χ4n) is 2.35. The summed E-state index contributed by atoms with van der Waals surface area (Å²) < 4.78 is 0. The molecule has 0 fully saturated rings. The largest absolute Gasteiger partial charge is 0.352 e. The zero-order valence-corrected chi connectivity index (χ0v) is 15.9. The molecule has 0 aliphatic carbocycles. The fraction of sp³-hybridized carbons (Fsp3) is 0.316. The van der Waals surface area contributed by atoms with E-state index < -0.39 is 0 Å². The van der Waals surface area contributed by atoms with Crippen LogP contribution in [0.5, 0.6) is 0 Å². The Hall–Kier alpha value is -2.44. The smallest absolute Gasteiger partial charge is 0.274 e. The molecule has 0 spiro atoms. The summed E-state index contributed by atoms with van der Waals surface area (Å²) in [6, 6.07) is 8.28. The lowest BCUT2D eigenvalue weighted by atomic mass is 10.1. The van der Waals surface area contributed by atoms with Crippen LogP contribution in [-0.2, 0) is 0 Å². The molecule has 2 N–H and O–H groups in total. The first-order valence-corrected chi connectivity index (χ1v) is 8.71. The molecule has 1 aromatic carbocycles. The normalized spacial score (nSPS) is 10.7. The average molecular weight is 375 g/mol. The van der Waals surface area contributed by atoms with Crippen molar-refractivity contribution in [1.82, 2.24) is 15.2 Å². The summed E-state index contributed by atoms with van der Waals surface area (Å²) >= 11 is 5.92. The molecule has 2 aromatic rings. The van der Waals surface area contributed by atoms with Crippen LogP contribution >= 0.6 is 11.6 Å². The maximum atomic E-state index is 12.4. The Balaban J connectivity index is 2.01. The summed E-state index contributed by atoms with van der Waals surface area (Å²) in [5.74, 6) is -0.597. The molecule has 1 heterocycles. The number of aromatic nitrogens is 1. The second kappa shape index (κ2) is 9.31. The van der Waals surface area contributed by atoms with Crippen molar-refractivity contribution in [2.75, 3.05) is 32.5 Å². The highest BCUT2D eigenvalue weighted by Crippen LogP contribution is 2.20. The zero-order valence-electron chi connectivity index (χ0n) is 15.2. The Morgan fingerprint density at radius 1 is 1.15 bits per heavy atom. The Bertz CT molecular complexity index is 793. The van der Waals surface area contributed by atoms with Crippen LogP contribution in [0.15, 0.2) is 36.5 Å². The molecule has 0 aliphatic heterocycles. The highest BCUT2D eigenvalue weighted by molar-refractivity contribution is 6.30. The first-order valence-electron chi connectivity index (χ1n) is 8.33. The first-order chi connectivity index (χ1) is 12.4. The number of hydrogen-bond donors (Lipinski definition) is 2. The van der Waals surface area contributed by atoms with Gasteiger partial charge in [0.15, 0.2) is 0 Å². The van der Waals surface area contributed by atoms with E-state index in [0.717, 1.165) is 18.5 Å². The van der Waals surface area contributed by atoms with E-state index >= 15 is 0 Å². The Morgan fingerprint density at radius 2 is 1.92 bits per heavy atom. The lowest BCUT2D eigenvalue weighted by Gasteiger charge is -2.11. The summed E-state index contributed by atoms with van der Waals surface area (Å²) in [7, 11) is 3.97. The van der Waals surface area contributed by atoms with Crippen molar-refractivity contribution in [2.45, 2.75) is 13.3 Å². The third-order valence-corrected chi connectivity index (χ3v) is 3.99. The van der Waals surface area contributed by atoms with Gasteiger partial charge in [-0.3, -0.25) is 14.6 Å². The number of aryl methyl sites for hydroxylation is 1. The van der Waals surface area contributed by atoms with E-state index in [4.69, 9.17) is 11.6 Å². The number of halogens is 1. The summed E-state index contributed by atoms with van der Waals surface area (Å²) in [5, 5.41) is 6.24. The van der Waals surface area contributed by atoms with E-state index in [2.05, 4.69) is 20.5 Å². The van der Waals surface area contributed by atoms with E-state index in [1.54, 1.807) is 24.3 Å². The van der Waals surface area contributed by atoms with Crippen LogP contribution in [0.1, 0.15) is 32.8 Å². The number of pyridine rings is 1. The van der Waals surface area contributed by atoms with E-state index in [-0.39, 0.29) is 17.5 Å². The van der Waals surface area contributed by atoms with Gasteiger partial charge in [-0.1, -0.05) is 11.6 Å². The molecule has 138 valence electrons. The topological polar surface area (TPSA) is 74.3 Å². The maximum absolute atomic E-state index is 12.4. The van der Waals surface area contributed by atoms with E-state index in [0.29, 0.717) is 22.8 Å². The van der Waals surface area contributed by atoms with Crippen molar-refractivity contribution < 1.29 is 9.59 Å². The van der Waals surface area contributed by atoms with Gasteiger partial charge >= 0.3 is 0 Å². The second-order valence-electron chi connectivity index (χ2n) is 6.26. The molecule has 2 amide bonds. The predicted molar refractivity (Wildman–Crippen MR) is 104 cm³/mol. The van der Waals surface area contributed by atoms with Gasteiger partial charge in [-0.05, 0) is 69.9 Å². The molecule has 0 bridgehead atoms. The highest BCUT2D eigenvalue weighted by Gasteiger charge is 2.13. The fourth-order valence-corrected chi connectivity index (χ4v) is 2.58. The van der Waals surface area contributed by atoms with Gasteiger partial charge in [0.1, 0.15) is 5.69 Å². The number of carbonyl (C=O) groups is 2. The number of nitrogens with one attached hydrogen (secondary N) is 2. The minimum absolute atomic E-state index is 0.181. The minimum Gasteiger partial charge on any atom is -0.352 e. The molecule has 6 nitrogen and oxygen atoms in total. The minimum atomic E-state index is -0.377. The van der Waals surface area contributed by atoms with Gasteiger partial charge in [-0.25, -0.2) is 0 Å². The van der Waals surface area contributed by atoms with Crippen molar-refractivity contribution in [3.05, 3.63) is 58.4 Å². The van der Waals surface area contributed by atoms with Gasteiger partial charge in [0.2, 0.25) is 0 Å². The van der Waals surface area contributed by atoms with Crippen LogP contribution in [0.2, 0.25) is 5.02 Å². The SMILES string of the molecule is Cc1cc(Cl)ccc1NC(=O)c1cc(C(=O)NCCCN(C)C)ccn1. The number of hydrogen-bond acceptors (Lipinski definition) is 4. The summed E-state index contributed by atoms with van der Waals surface area (Å²) in [6.07, 6.45) is 2.31. The predicted octanol–water partition coefficient (Wildman–Crippen LogP) is 2.98. The molecule has 0 unspecified atom stereocenters. The molecular weight excluding hydrogens is 352 g/mol. The van der Waals surface area contributed by atoms with Gasteiger partial charge < -0.3 is 15.5 Å². The molecule has 2 rings (SSSR count). The third-order valence-electron chi connectivity index (χ3n) is 3.76. The first kappa shape index (κ1) is 19.9. The lowest BCUT2D eigenvalue weighted by molar-refractivity contribution is 0.0952. The molecule has 1 aromatic heterocycles. The van der Waals surface area contributed by atoms with Crippen molar-refractivity contribution >= 4 is 29.1 Å². The number of carbonyl (C=O) groups excluding carboxylic acids is 2. The number of benzene rings is 1. The van der Waals surface area contributed by atoms with Crippen LogP contribution in [0.4, 0.5) is 5.69 Å². The van der Waals surface area contributed by atoms with Gasteiger partial charge in [0.25, 0.3) is 11.8 Å². The Labute approximate surface area is 158 Å². The quantitative estimate of drug-likeness (QED) is 0.731. The molecule has 0 saturated carbocycles. The molecule has 26 heavy (non-hydrogen) atoms. The molecule has 7 heteroatoms. The Kier molecular flexibility index (Phi) is 7.12. The van der Waals surface area contributed by atoms with Crippen LogP contribution in [-0.4, -0.2) is 48.9 Å². The van der Waals surface area contributed by atoms with Crippen molar-refractivity contribution in [3.63, 3.8) is 0 Å². The number of amides is 2. The van der Waals surface area contributed by atoms with Crippen molar-refractivity contribution in [3.8, 4) is 0 Å². The number of nitrogens with zero attached hydrogens (tertiary/aromatic N) is 2. The summed E-state index contributed by atoms with van der Waals surface area (Å²) in [4.78, 5) is 30.7.